The largest absolute Gasteiger partial charge is 0.493 e. The first-order valence-corrected chi connectivity index (χ1v) is 10.3. The Balaban J connectivity index is 1.98. The molecule has 0 aromatic heterocycles. The molecule has 0 atom stereocenters. The maximum absolute atomic E-state index is 12.3. The van der Waals surface area contributed by atoms with E-state index in [1.807, 2.05) is 13.0 Å². The van der Waals surface area contributed by atoms with E-state index in [4.69, 9.17) is 25.8 Å². The molecule has 3 rings (SSSR count). The average molecular weight is 543 g/mol. The molecule has 0 saturated heterocycles. The zero-order valence-corrected chi connectivity index (χ0v) is 18.9. The van der Waals surface area contributed by atoms with Crippen LogP contribution in [0.5, 0.6) is 11.5 Å². The summed E-state index contributed by atoms with van der Waals surface area (Å²) in [5.74, 6) is 0.375. The lowest BCUT2D eigenvalue weighted by atomic mass is 10.1. The van der Waals surface area contributed by atoms with Crippen molar-refractivity contribution in [1.29, 1.82) is 0 Å². The second kappa shape index (κ2) is 9.43. The Bertz CT molecular complexity index is 1080. The van der Waals surface area contributed by atoms with Crippen molar-refractivity contribution >= 4 is 57.8 Å². The van der Waals surface area contributed by atoms with Crippen LogP contribution < -0.4 is 9.47 Å². The number of nitro benzene ring substituents is 1. The predicted molar refractivity (Wildman–Crippen MR) is 120 cm³/mol. The summed E-state index contributed by atoms with van der Waals surface area (Å²) in [6.45, 7) is 2.56. The Morgan fingerprint density at radius 1 is 1.33 bits per heavy atom. The molecular formula is C20H16ClIN2O6. The summed E-state index contributed by atoms with van der Waals surface area (Å²) < 4.78 is 17.1. The van der Waals surface area contributed by atoms with Crippen molar-refractivity contribution in [3.63, 3.8) is 0 Å². The highest BCUT2D eigenvalue weighted by Gasteiger charge is 2.27. The van der Waals surface area contributed by atoms with Crippen molar-refractivity contribution in [2.45, 2.75) is 13.3 Å². The van der Waals surface area contributed by atoms with Crippen LogP contribution in [0.2, 0.25) is 5.02 Å². The fourth-order valence-electron chi connectivity index (χ4n) is 2.64. The summed E-state index contributed by atoms with van der Waals surface area (Å²) >= 11 is 8.24. The molecule has 0 bridgehead atoms. The summed E-state index contributed by atoms with van der Waals surface area (Å²) in [4.78, 5) is 26.9. The molecule has 0 unspecified atom stereocenters. The van der Waals surface area contributed by atoms with Crippen LogP contribution in [0.25, 0.3) is 6.08 Å². The summed E-state index contributed by atoms with van der Waals surface area (Å²) in [5, 5.41) is 11.2. The summed E-state index contributed by atoms with van der Waals surface area (Å²) in [5.41, 5.74) is 0.667. The Labute approximate surface area is 190 Å². The number of halogens is 2. The first-order chi connectivity index (χ1) is 14.3. The molecule has 0 fully saturated rings. The van der Waals surface area contributed by atoms with Gasteiger partial charge in [0.05, 0.1) is 32.8 Å². The first-order valence-electron chi connectivity index (χ1n) is 8.81. The van der Waals surface area contributed by atoms with Gasteiger partial charge in [-0.25, -0.2) is 9.79 Å². The van der Waals surface area contributed by atoms with E-state index in [9.17, 15) is 14.9 Å². The lowest BCUT2D eigenvalue weighted by Gasteiger charge is -2.13. The number of benzene rings is 2. The van der Waals surface area contributed by atoms with Gasteiger partial charge in [0.15, 0.2) is 17.2 Å². The van der Waals surface area contributed by atoms with Crippen molar-refractivity contribution in [3.8, 4) is 11.5 Å². The molecule has 0 N–H and O–H groups in total. The number of carbonyl (C=O) groups excluding carboxylic acids is 1. The fourth-order valence-corrected chi connectivity index (χ4v) is 3.62. The minimum atomic E-state index is -0.687. The molecular weight excluding hydrogens is 527 g/mol. The number of rotatable bonds is 7. The molecule has 156 valence electrons. The predicted octanol–water partition coefficient (Wildman–Crippen LogP) is 4.99. The smallest absolute Gasteiger partial charge is 0.363 e. The Morgan fingerprint density at radius 3 is 2.77 bits per heavy atom. The minimum absolute atomic E-state index is 0.0349. The second-order valence-electron chi connectivity index (χ2n) is 6.14. The van der Waals surface area contributed by atoms with Gasteiger partial charge >= 0.3 is 5.97 Å². The number of esters is 1. The standard InChI is InChI=1S/C20H16ClIN2O6/c1-3-6-29-18-15(22)7-11(9-17(18)28-2)8-16-20(25)30-19(23-16)13-10-12(24(26)27)4-5-14(13)21/h4-5,7-10H,3,6H2,1-2H3/b16-8-. The number of cyclic esters (lactones) is 1. The zero-order valence-electron chi connectivity index (χ0n) is 16.0. The van der Waals surface area contributed by atoms with Crippen molar-refractivity contribution in [2.24, 2.45) is 4.99 Å². The van der Waals surface area contributed by atoms with Gasteiger partial charge in [0, 0.05) is 12.1 Å². The lowest BCUT2D eigenvalue weighted by molar-refractivity contribution is -0.384. The highest BCUT2D eigenvalue weighted by atomic mass is 127. The molecule has 1 heterocycles. The molecule has 0 radical (unpaired) electrons. The van der Waals surface area contributed by atoms with Gasteiger partial charge < -0.3 is 14.2 Å². The number of nitro groups is 1. The molecule has 1 aliphatic rings. The summed E-state index contributed by atoms with van der Waals surface area (Å²) in [7, 11) is 1.53. The van der Waals surface area contributed by atoms with Gasteiger partial charge in [-0.3, -0.25) is 10.1 Å². The van der Waals surface area contributed by atoms with E-state index in [2.05, 4.69) is 27.6 Å². The first kappa shape index (κ1) is 22.0. The fraction of sp³-hybridized carbons (Fsp3) is 0.200. The van der Waals surface area contributed by atoms with Gasteiger partial charge in [0.1, 0.15) is 0 Å². The Morgan fingerprint density at radius 2 is 2.10 bits per heavy atom. The molecule has 10 heteroatoms. The van der Waals surface area contributed by atoms with Gasteiger partial charge in [0.2, 0.25) is 5.90 Å². The minimum Gasteiger partial charge on any atom is -0.493 e. The third kappa shape index (κ3) is 4.73. The van der Waals surface area contributed by atoms with E-state index in [-0.39, 0.29) is 27.9 Å². The molecule has 0 spiro atoms. The van der Waals surface area contributed by atoms with Crippen molar-refractivity contribution < 1.29 is 23.9 Å². The van der Waals surface area contributed by atoms with Gasteiger partial charge in [-0.15, -0.1) is 0 Å². The quantitative estimate of drug-likeness (QED) is 0.161. The monoisotopic (exact) mass is 542 g/mol. The van der Waals surface area contributed by atoms with Gasteiger partial charge in [-0.2, -0.15) is 0 Å². The average Bonchev–Trinajstić information content (AvgIpc) is 3.07. The van der Waals surface area contributed by atoms with E-state index in [0.717, 1.165) is 9.99 Å². The van der Waals surface area contributed by atoms with Gasteiger partial charge in [-0.1, -0.05) is 18.5 Å². The molecule has 2 aromatic rings. The number of non-ortho nitro benzene ring substituents is 1. The van der Waals surface area contributed by atoms with Gasteiger partial charge in [-0.05, 0) is 58.9 Å². The van der Waals surface area contributed by atoms with Crippen LogP contribution in [-0.2, 0) is 9.53 Å². The maximum atomic E-state index is 12.3. The van der Waals surface area contributed by atoms with E-state index in [0.29, 0.717) is 23.7 Å². The topological polar surface area (TPSA) is 100 Å². The van der Waals surface area contributed by atoms with E-state index >= 15 is 0 Å². The van der Waals surface area contributed by atoms with Crippen molar-refractivity contribution in [2.75, 3.05) is 13.7 Å². The number of hydrogen-bond acceptors (Lipinski definition) is 7. The van der Waals surface area contributed by atoms with Crippen molar-refractivity contribution in [3.05, 3.63) is 65.9 Å². The van der Waals surface area contributed by atoms with Crippen LogP contribution in [0.1, 0.15) is 24.5 Å². The van der Waals surface area contributed by atoms with E-state index in [1.54, 1.807) is 6.07 Å². The van der Waals surface area contributed by atoms with Crippen LogP contribution in [0, 0.1) is 13.7 Å². The highest BCUT2D eigenvalue weighted by Crippen LogP contribution is 2.35. The number of methoxy groups -OCH3 is 1. The van der Waals surface area contributed by atoms with E-state index in [1.165, 1.54) is 31.4 Å². The van der Waals surface area contributed by atoms with Crippen LogP contribution >= 0.6 is 34.2 Å². The van der Waals surface area contributed by atoms with Gasteiger partial charge in [0.25, 0.3) is 5.69 Å². The van der Waals surface area contributed by atoms with Crippen LogP contribution in [-0.4, -0.2) is 30.5 Å². The third-order valence-corrected chi connectivity index (χ3v) is 5.15. The second-order valence-corrected chi connectivity index (χ2v) is 7.71. The lowest BCUT2D eigenvalue weighted by Crippen LogP contribution is -2.06. The molecule has 30 heavy (non-hydrogen) atoms. The molecule has 0 saturated carbocycles. The molecule has 2 aromatic carbocycles. The van der Waals surface area contributed by atoms with Crippen LogP contribution in [0.3, 0.4) is 0 Å². The van der Waals surface area contributed by atoms with Crippen molar-refractivity contribution in [1.82, 2.24) is 0 Å². The number of hydrogen-bond donors (Lipinski definition) is 0. The molecule has 1 aliphatic heterocycles. The number of aliphatic imine (C=N–C) groups is 1. The Hall–Kier alpha value is -2.66. The van der Waals surface area contributed by atoms with Crippen LogP contribution in [0.15, 0.2) is 41.0 Å². The number of carbonyl (C=O) groups is 1. The number of nitrogens with zero attached hydrogens (tertiary/aromatic N) is 2. The summed E-state index contributed by atoms with van der Waals surface area (Å²) in [6.07, 6.45) is 2.39. The van der Waals surface area contributed by atoms with Crippen LogP contribution in [0.4, 0.5) is 5.69 Å². The Kier molecular flexibility index (Phi) is 6.93. The molecule has 0 aliphatic carbocycles. The highest BCUT2D eigenvalue weighted by molar-refractivity contribution is 14.1. The van der Waals surface area contributed by atoms with E-state index < -0.39 is 10.9 Å². The maximum Gasteiger partial charge on any atom is 0.363 e. The SMILES string of the molecule is CCCOc1c(I)cc(/C=C2\N=C(c3cc([N+](=O)[O-])ccc3Cl)OC2=O)cc1OC. The summed E-state index contributed by atoms with van der Waals surface area (Å²) in [6, 6.07) is 7.37. The molecule has 8 nitrogen and oxygen atoms in total. The normalized spacial score (nSPS) is 14.5. The third-order valence-electron chi connectivity index (χ3n) is 4.02. The number of ether oxygens (including phenoxy) is 3. The molecule has 0 amide bonds. The zero-order chi connectivity index (χ0) is 21.8.